The molecule has 0 aliphatic heterocycles. The molecule has 5 heteroatoms. The van der Waals surface area contributed by atoms with E-state index in [4.69, 9.17) is 9.15 Å². The van der Waals surface area contributed by atoms with Crippen LogP contribution in [0.1, 0.15) is 30.0 Å². The van der Waals surface area contributed by atoms with Crippen LogP contribution in [0.5, 0.6) is 0 Å². The van der Waals surface area contributed by atoms with Crippen LogP contribution in [0.2, 0.25) is 0 Å². The fourth-order valence-corrected chi connectivity index (χ4v) is 2.57. The van der Waals surface area contributed by atoms with Crippen molar-refractivity contribution in [1.82, 2.24) is 0 Å². The Balaban J connectivity index is 2.43. The number of furan rings is 1. The summed E-state index contributed by atoms with van der Waals surface area (Å²) in [7, 11) is 0. The van der Waals surface area contributed by atoms with Crippen molar-refractivity contribution in [2.45, 2.75) is 25.3 Å². The lowest BCUT2D eigenvalue weighted by Gasteiger charge is -2.05. The molecule has 0 spiro atoms. The molecule has 0 amide bonds. The fraction of sp³-hybridized carbons (Fsp3) is 0.308. The highest BCUT2D eigenvalue weighted by atomic mass is 79.9. The van der Waals surface area contributed by atoms with Gasteiger partial charge in [-0.05, 0) is 25.1 Å². The number of hydrogen-bond donors (Lipinski definition) is 0. The number of benzene rings is 1. The summed E-state index contributed by atoms with van der Waals surface area (Å²) >= 11 is 7.02. The van der Waals surface area contributed by atoms with Crippen molar-refractivity contribution in [3.63, 3.8) is 0 Å². The summed E-state index contributed by atoms with van der Waals surface area (Å²) in [5, 5.41) is 0.993. The molecule has 0 radical (unpaired) electrons. The standard InChI is InChI=1S/C13H12Br2O3/c1-7(14)12-5-10(15)3-9-4-11(18-13(9)12)6-17-8(2)16/h3-5,7H,6H2,1-2H3. The van der Waals surface area contributed by atoms with Gasteiger partial charge in [0.05, 0.1) is 0 Å². The lowest BCUT2D eigenvalue weighted by Crippen LogP contribution is -1.97. The predicted molar refractivity (Wildman–Crippen MR) is 76.7 cm³/mol. The van der Waals surface area contributed by atoms with Gasteiger partial charge in [0.2, 0.25) is 0 Å². The summed E-state index contributed by atoms with van der Waals surface area (Å²) in [6.45, 7) is 3.58. The molecule has 96 valence electrons. The topological polar surface area (TPSA) is 39.4 Å². The molecule has 0 fully saturated rings. The van der Waals surface area contributed by atoms with Crippen molar-refractivity contribution in [2.75, 3.05) is 0 Å². The van der Waals surface area contributed by atoms with E-state index in [1.54, 1.807) is 0 Å². The van der Waals surface area contributed by atoms with Gasteiger partial charge in [-0.15, -0.1) is 0 Å². The third-order valence-corrected chi connectivity index (χ3v) is 3.46. The first-order valence-electron chi connectivity index (χ1n) is 5.46. The normalized spacial score (nSPS) is 12.7. The molecule has 0 bridgehead atoms. The van der Waals surface area contributed by atoms with Gasteiger partial charge in [-0.2, -0.15) is 0 Å². The Bertz CT molecular complexity index is 587. The maximum absolute atomic E-state index is 10.8. The third-order valence-electron chi connectivity index (χ3n) is 2.51. The maximum Gasteiger partial charge on any atom is 0.303 e. The van der Waals surface area contributed by atoms with Gasteiger partial charge in [0.25, 0.3) is 0 Å². The van der Waals surface area contributed by atoms with E-state index >= 15 is 0 Å². The summed E-state index contributed by atoms with van der Waals surface area (Å²) in [6, 6.07) is 5.89. The lowest BCUT2D eigenvalue weighted by molar-refractivity contribution is -0.142. The van der Waals surface area contributed by atoms with E-state index < -0.39 is 0 Å². The van der Waals surface area contributed by atoms with Crippen molar-refractivity contribution < 1.29 is 13.9 Å². The number of hydrogen-bond acceptors (Lipinski definition) is 3. The van der Waals surface area contributed by atoms with E-state index in [0.29, 0.717) is 5.76 Å². The van der Waals surface area contributed by atoms with Gasteiger partial charge in [0, 0.05) is 27.2 Å². The molecule has 2 aromatic rings. The Morgan fingerprint density at radius 3 is 2.78 bits per heavy atom. The maximum atomic E-state index is 10.8. The number of carbonyl (C=O) groups excluding carboxylic acids is 1. The first kappa shape index (κ1) is 13.6. The lowest BCUT2D eigenvalue weighted by atomic mass is 10.1. The highest BCUT2D eigenvalue weighted by Crippen LogP contribution is 2.34. The van der Waals surface area contributed by atoms with Crippen LogP contribution in [0, 0.1) is 0 Å². The predicted octanol–water partition coefficient (Wildman–Crippen LogP) is 4.71. The number of ether oxygens (including phenoxy) is 1. The smallest absolute Gasteiger partial charge is 0.303 e. The quantitative estimate of drug-likeness (QED) is 0.575. The van der Waals surface area contributed by atoms with Gasteiger partial charge >= 0.3 is 5.97 Å². The number of carbonyl (C=O) groups is 1. The van der Waals surface area contributed by atoms with Crippen molar-refractivity contribution in [3.8, 4) is 0 Å². The molecule has 0 saturated heterocycles. The average Bonchev–Trinajstić information content (AvgIpc) is 2.67. The Morgan fingerprint density at radius 1 is 1.44 bits per heavy atom. The first-order valence-corrected chi connectivity index (χ1v) is 7.17. The molecule has 1 aromatic carbocycles. The summed E-state index contributed by atoms with van der Waals surface area (Å²) in [5.41, 5.74) is 1.89. The van der Waals surface area contributed by atoms with Crippen molar-refractivity contribution in [3.05, 3.63) is 34.0 Å². The highest BCUT2D eigenvalue weighted by molar-refractivity contribution is 9.10. The van der Waals surface area contributed by atoms with E-state index in [2.05, 4.69) is 31.9 Å². The van der Waals surface area contributed by atoms with Gasteiger partial charge in [0.15, 0.2) is 0 Å². The minimum Gasteiger partial charge on any atom is -0.458 e. The molecule has 0 aliphatic rings. The molecule has 1 atom stereocenters. The molecule has 0 N–H and O–H groups in total. The van der Waals surface area contributed by atoms with Gasteiger partial charge in [-0.1, -0.05) is 31.9 Å². The zero-order chi connectivity index (χ0) is 13.3. The Hall–Kier alpha value is -0.810. The van der Waals surface area contributed by atoms with Crippen molar-refractivity contribution in [2.24, 2.45) is 0 Å². The van der Waals surface area contributed by atoms with Gasteiger partial charge in [-0.3, -0.25) is 4.79 Å². The van der Waals surface area contributed by atoms with Crippen LogP contribution >= 0.6 is 31.9 Å². The van der Waals surface area contributed by atoms with Gasteiger partial charge in [-0.25, -0.2) is 0 Å². The molecule has 18 heavy (non-hydrogen) atoms. The van der Waals surface area contributed by atoms with E-state index in [1.165, 1.54) is 6.92 Å². The van der Waals surface area contributed by atoms with E-state index in [9.17, 15) is 4.79 Å². The third kappa shape index (κ3) is 2.95. The Morgan fingerprint density at radius 2 is 2.17 bits per heavy atom. The zero-order valence-electron chi connectivity index (χ0n) is 10.00. The SMILES string of the molecule is CC(=O)OCc1cc2cc(Br)cc(C(C)Br)c2o1. The monoisotopic (exact) mass is 374 g/mol. The summed E-state index contributed by atoms with van der Waals surface area (Å²) in [5.74, 6) is 0.332. The average molecular weight is 376 g/mol. The van der Waals surface area contributed by atoms with Crippen LogP contribution in [-0.2, 0) is 16.1 Å². The van der Waals surface area contributed by atoms with Crippen LogP contribution in [0.4, 0.5) is 0 Å². The van der Waals surface area contributed by atoms with E-state index in [0.717, 1.165) is 21.0 Å². The van der Waals surface area contributed by atoms with Crippen LogP contribution < -0.4 is 0 Å². The number of halogens is 2. The van der Waals surface area contributed by atoms with Crippen LogP contribution in [-0.4, -0.2) is 5.97 Å². The molecule has 1 aromatic heterocycles. The largest absolute Gasteiger partial charge is 0.458 e. The van der Waals surface area contributed by atoms with Crippen molar-refractivity contribution in [1.29, 1.82) is 0 Å². The molecule has 0 aliphatic carbocycles. The molecule has 1 unspecified atom stereocenters. The second-order valence-corrected chi connectivity index (χ2v) is 6.31. The molecule has 1 heterocycles. The Kier molecular flexibility index (Phi) is 4.12. The number of fused-ring (bicyclic) bond motifs is 1. The molecular weight excluding hydrogens is 364 g/mol. The van der Waals surface area contributed by atoms with E-state index in [-0.39, 0.29) is 17.4 Å². The van der Waals surface area contributed by atoms with Gasteiger partial charge < -0.3 is 9.15 Å². The number of rotatable bonds is 3. The zero-order valence-corrected chi connectivity index (χ0v) is 13.2. The summed E-state index contributed by atoms with van der Waals surface area (Å²) < 4.78 is 11.7. The van der Waals surface area contributed by atoms with Crippen LogP contribution in [0.15, 0.2) is 27.1 Å². The van der Waals surface area contributed by atoms with Gasteiger partial charge in [0.1, 0.15) is 18.0 Å². The van der Waals surface area contributed by atoms with Crippen LogP contribution in [0.3, 0.4) is 0 Å². The molecule has 2 rings (SSSR count). The highest BCUT2D eigenvalue weighted by Gasteiger charge is 2.13. The second kappa shape index (κ2) is 5.45. The second-order valence-electron chi connectivity index (χ2n) is 4.02. The molecular formula is C13H12Br2O3. The van der Waals surface area contributed by atoms with E-state index in [1.807, 2.05) is 25.1 Å². The molecule has 3 nitrogen and oxygen atoms in total. The van der Waals surface area contributed by atoms with Crippen LogP contribution in [0.25, 0.3) is 11.0 Å². The minimum absolute atomic E-state index is 0.164. The minimum atomic E-state index is -0.314. The number of alkyl halides is 1. The Labute approximate surface area is 122 Å². The summed E-state index contributed by atoms with van der Waals surface area (Å²) in [4.78, 5) is 11.0. The number of esters is 1. The first-order chi connectivity index (χ1) is 8.47. The van der Waals surface area contributed by atoms with Crippen molar-refractivity contribution >= 4 is 48.8 Å². The fourth-order valence-electron chi connectivity index (χ4n) is 1.73. The summed E-state index contributed by atoms with van der Waals surface area (Å²) in [6.07, 6.45) is 0. The molecule has 0 saturated carbocycles.